The van der Waals surface area contributed by atoms with Gasteiger partial charge in [0.2, 0.25) is 0 Å². The lowest BCUT2D eigenvalue weighted by Crippen LogP contribution is -2.26. The third-order valence-electron chi connectivity index (χ3n) is 4.44. The summed E-state index contributed by atoms with van der Waals surface area (Å²) in [6.45, 7) is 9.23. The Hall–Kier alpha value is -0.820. The molecule has 0 amide bonds. The molecule has 0 saturated heterocycles. The van der Waals surface area contributed by atoms with Gasteiger partial charge in [0, 0.05) is 0 Å². The normalized spacial score (nSPS) is 14.0. The number of hydrogen-bond acceptors (Lipinski definition) is 1. The SMILES string of the molecule is CCCCC(CC)CC(CNCCC)Cc1ccccc1. The first kappa shape index (κ1) is 18.2. The number of unbranched alkanes of at least 4 members (excludes halogenated alkanes) is 1. The lowest BCUT2D eigenvalue weighted by Gasteiger charge is -2.23. The van der Waals surface area contributed by atoms with Gasteiger partial charge in [-0.2, -0.15) is 0 Å². The predicted octanol–water partition coefficient (Wildman–Crippen LogP) is 5.45. The van der Waals surface area contributed by atoms with Crippen molar-refractivity contribution < 1.29 is 0 Å². The monoisotopic (exact) mass is 289 g/mol. The first-order chi connectivity index (χ1) is 10.3. The van der Waals surface area contributed by atoms with Crippen molar-refractivity contribution in [1.29, 1.82) is 0 Å². The number of benzene rings is 1. The fraction of sp³-hybridized carbons (Fsp3) is 0.700. The predicted molar refractivity (Wildman–Crippen MR) is 94.7 cm³/mol. The minimum absolute atomic E-state index is 0.778. The maximum Gasteiger partial charge on any atom is -0.00172 e. The summed E-state index contributed by atoms with van der Waals surface area (Å²) in [5, 5.41) is 3.64. The number of rotatable bonds is 12. The molecular weight excluding hydrogens is 254 g/mol. The summed E-state index contributed by atoms with van der Waals surface area (Å²) in [5.74, 6) is 1.68. The fourth-order valence-electron chi connectivity index (χ4n) is 3.12. The summed E-state index contributed by atoms with van der Waals surface area (Å²) in [5.41, 5.74) is 1.49. The Morgan fingerprint density at radius 2 is 1.71 bits per heavy atom. The van der Waals surface area contributed by atoms with E-state index in [2.05, 4.69) is 56.4 Å². The van der Waals surface area contributed by atoms with Crippen LogP contribution in [0.1, 0.15) is 64.9 Å². The van der Waals surface area contributed by atoms with Crippen molar-refractivity contribution in [2.75, 3.05) is 13.1 Å². The zero-order chi connectivity index (χ0) is 15.3. The van der Waals surface area contributed by atoms with Crippen LogP contribution in [-0.2, 0) is 6.42 Å². The van der Waals surface area contributed by atoms with E-state index >= 15 is 0 Å². The van der Waals surface area contributed by atoms with E-state index < -0.39 is 0 Å². The summed E-state index contributed by atoms with van der Waals surface area (Å²) in [7, 11) is 0. The van der Waals surface area contributed by atoms with Gasteiger partial charge in [0.15, 0.2) is 0 Å². The van der Waals surface area contributed by atoms with E-state index in [1.807, 2.05) is 0 Å². The molecule has 0 bridgehead atoms. The van der Waals surface area contributed by atoms with Crippen LogP contribution in [0.5, 0.6) is 0 Å². The Balaban J connectivity index is 2.53. The van der Waals surface area contributed by atoms with Crippen LogP contribution in [0.3, 0.4) is 0 Å². The van der Waals surface area contributed by atoms with E-state index in [0.29, 0.717) is 0 Å². The second-order valence-corrected chi connectivity index (χ2v) is 6.41. The van der Waals surface area contributed by atoms with Crippen LogP contribution in [-0.4, -0.2) is 13.1 Å². The second-order valence-electron chi connectivity index (χ2n) is 6.41. The Morgan fingerprint density at radius 1 is 0.952 bits per heavy atom. The van der Waals surface area contributed by atoms with E-state index in [4.69, 9.17) is 0 Å². The molecule has 0 fully saturated rings. The summed E-state index contributed by atoms with van der Waals surface area (Å²) < 4.78 is 0. The van der Waals surface area contributed by atoms with Crippen LogP contribution in [0.4, 0.5) is 0 Å². The molecule has 0 radical (unpaired) electrons. The lowest BCUT2D eigenvalue weighted by atomic mass is 9.85. The highest BCUT2D eigenvalue weighted by molar-refractivity contribution is 5.15. The van der Waals surface area contributed by atoms with E-state index in [9.17, 15) is 0 Å². The van der Waals surface area contributed by atoms with Crippen molar-refractivity contribution in [1.82, 2.24) is 5.32 Å². The van der Waals surface area contributed by atoms with Gasteiger partial charge in [-0.3, -0.25) is 0 Å². The molecule has 120 valence electrons. The van der Waals surface area contributed by atoms with E-state index in [-0.39, 0.29) is 0 Å². The average Bonchev–Trinajstić information content (AvgIpc) is 2.52. The topological polar surface area (TPSA) is 12.0 Å². The molecular formula is C20H35N. The van der Waals surface area contributed by atoms with Crippen molar-refractivity contribution >= 4 is 0 Å². The molecule has 0 spiro atoms. The zero-order valence-corrected chi connectivity index (χ0v) is 14.4. The highest BCUT2D eigenvalue weighted by Crippen LogP contribution is 2.24. The molecule has 2 unspecified atom stereocenters. The fourth-order valence-corrected chi connectivity index (χ4v) is 3.12. The van der Waals surface area contributed by atoms with Crippen LogP contribution in [0.15, 0.2) is 30.3 Å². The molecule has 1 nitrogen and oxygen atoms in total. The van der Waals surface area contributed by atoms with Gasteiger partial charge in [0.1, 0.15) is 0 Å². The average molecular weight is 290 g/mol. The Kier molecular flexibility index (Phi) is 10.2. The maximum atomic E-state index is 3.64. The van der Waals surface area contributed by atoms with Crippen molar-refractivity contribution in [3.63, 3.8) is 0 Å². The lowest BCUT2D eigenvalue weighted by molar-refractivity contribution is 0.324. The Labute approximate surface area is 132 Å². The maximum absolute atomic E-state index is 3.64. The third-order valence-corrected chi connectivity index (χ3v) is 4.44. The molecule has 1 rings (SSSR count). The molecule has 0 saturated carbocycles. The molecule has 0 aliphatic carbocycles. The minimum atomic E-state index is 0.778. The highest BCUT2D eigenvalue weighted by atomic mass is 14.8. The third kappa shape index (κ3) is 8.26. The molecule has 0 heterocycles. The van der Waals surface area contributed by atoms with Crippen LogP contribution in [0.25, 0.3) is 0 Å². The first-order valence-electron chi connectivity index (χ1n) is 9.04. The quantitative estimate of drug-likeness (QED) is 0.504. The van der Waals surface area contributed by atoms with Gasteiger partial charge in [-0.15, -0.1) is 0 Å². The molecule has 0 aromatic heterocycles. The summed E-state index contributed by atoms with van der Waals surface area (Å²) in [6, 6.07) is 11.0. The van der Waals surface area contributed by atoms with Crippen molar-refractivity contribution in [2.24, 2.45) is 11.8 Å². The standard InChI is InChI=1S/C20H35N/c1-4-7-11-18(6-3)15-20(17-21-14-5-2)16-19-12-9-8-10-13-19/h8-10,12-13,18,20-21H,4-7,11,14-17H2,1-3H3. The largest absolute Gasteiger partial charge is 0.316 e. The molecule has 1 N–H and O–H groups in total. The number of nitrogens with one attached hydrogen (secondary N) is 1. The smallest absolute Gasteiger partial charge is 0.00172 e. The van der Waals surface area contributed by atoms with Gasteiger partial charge in [-0.1, -0.05) is 76.8 Å². The van der Waals surface area contributed by atoms with Crippen molar-refractivity contribution in [3.05, 3.63) is 35.9 Å². The number of hydrogen-bond donors (Lipinski definition) is 1. The van der Waals surface area contributed by atoms with Crippen LogP contribution >= 0.6 is 0 Å². The van der Waals surface area contributed by atoms with Gasteiger partial charge in [-0.25, -0.2) is 0 Å². The van der Waals surface area contributed by atoms with Gasteiger partial charge in [-0.05, 0) is 49.8 Å². The van der Waals surface area contributed by atoms with Gasteiger partial charge < -0.3 is 5.32 Å². The minimum Gasteiger partial charge on any atom is -0.316 e. The summed E-state index contributed by atoms with van der Waals surface area (Å²) >= 11 is 0. The Morgan fingerprint density at radius 3 is 2.33 bits per heavy atom. The van der Waals surface area contributed by atoms with Gasteiger partial charge in [0.25, 0.3) is 0 Å². The van der Waals surface area contributed by atoms with E-state index in [0.717, 1.165) is 18.4 Å². The van der Waals surface area contributed by atoms with E-state index in [1.165, 1.54) is 57.1 Å². The molecule has 1 heteroatoms. The molecule has 2 atom stereocenters. The highest BCUT2D eigenvalue weighted by Gasteiger charge is 2.15. The zero-order valence-electron chi connectivity index (χ0n) is 14.4. The first-order valence-corrected chi connectivity index (χ1v) is 9.04. The summed E-state index contributed by atoms with van der Waals surface area (Å²) in [6.07, 6.45) is 9.28. The Bertz CT molecular complexity index is 333. The second kappa shape index (κ2) is 11.8. The van der Waals surface area contributed by atoms with Crippen LogP contribution < -0.4 is 5.32 Å². The van der Waals surface area contributed by atoms with Gasteiger partial charge >= 0.3 is 0 Å². The summed E-state index contributed by atoms with van der Waals surface area (Å²) in [4.78, 5) is 0. The molecule has 1 aromatic carbocycles. The molecule has 0 aliphatic heterocycles. The van der Waals surface area contributed by atoms with Gasteiger partial charge in [0.05, 0.1) is 0 Å². The van der Waals surface area contributed by atoms with Crippen LogP contribution in [0, 0.1) is 11.8 Å². The van der Waals surface area contributed by atoms with Crippen molar-refractivity contribution in [3.8, 4) is 0 Å². The molecule has 21 heavy (non-hydrogen) atoms. The van der Waals surface area contributed by atoms with Crippen LogP contribution in [0.2, 0.25) is 0 Å². The van der Waals surface area contributed by atoms with E-state index in [1.54, 1.807) is 0 Å². The molecule has 1 aromatic rings. The molecule has 0 aliphatic rings. The van der Waals surface area contributed by atoms with Crippen molar-refractivity contribution in [2.45, 2.75) is 65.7 Å².